The first-order valence-corrected chi connectivity index (χ1v) is 6.08. The standard InChI is InChI=1S/C14H10FN3O3/c1-16-18-6-10(14(20)21)12(19)9-5-7-4-8(15)2-3-11(7)17-13(9)18/h2-6,16H,1H3,(H,20,21). The van der Waals surface area contributed by atoms with Crippen LogP contribution in [-0.4, -0.2) is 27.8 Å². The second-order valence-corrected chi connectivity index (χ2v) is 4.47. The van der Waals surface area contributed by atoms with E-state index >= 15 is 0 Å². The maximum absolute atomic E-state index is 13.3. The number of hydrogen-bond acceptors (Lipinski definition) is 4. The Hall–Kier alpha value is -2.96. The number of benzene rings is 1. The molecule has 2 aromatic heterocycles. The van der Waals surface area contributed by atoms with E-state index in [2.05, 4.69) is 10.4 Å². The minimum absolute atomic E-state index is 0.113. The number of nitrogens with one attached hydrogen (secondary N) is 1. The molecule has 2 N–H and O–H groups in total. The number of aromatic nitrogens is 2. The summed E-state index contributed by atoms with van der Waals surface area (Å²) in [4.78, 5) is 27.6. The normalized spacial score (nSPS) is 11.0. The first-order valence-electron chi connectivity index (χ1n) is 6.08. The van der Waals surface area contributed by atoms with E-state index in [1.165, 1.54) is 35.1 Å². The number of rotatable bonds is 2. The molecule has 7 heteroatoms. The van der Waals surface area contributed by atoms with Gasteiger partial charge in [0.15, 0.2) is 5.65 Å². The molecule has 0 saturated heterocycles. The van der Waals surface area contributed by atoms with Crippen molar-refractivity contribution < 1.29 is 14.3 Å². The lowest BCUT2D eigenvalue weighted by Gasteiger charge is -2.11. The molecule has 1 aromatic carbocycles. The zero-order valence-electron chi connectivity index (χ0n) is 10.9. The van der Waals surface area contributed by atoms with Crippen LogP contribution in [0.5, 0.6) is 0 Å². The largest absolute Gasteiger partial charge is 0.477 e. The van der Waals surface area contributed by atoms with Gasteiger partial charge in [0.1, 0.15) is 11.4 Å². The summed E-state index contributed by atoms with van der Waals surface area (Å²) in [6.07, 6.45) is 1.18. The van der Waals surface area contributed by atoms with Gasteiger partial charge in [0.2, 0.25) is 5.43 Å². The SMILES string of the molecule is CNn1cc(C(=O)O)c(=O)c2cc3cc(F)ccc3nc21. The van der Waals surface area contributed by atoms with Crippen molar-refractivity contribution in [2.75, 3.05) is 12.5 Å². The van der Waals surface area contributed by atoms with Gasteiger partial charge in [0.05, 0.1) is 10.9 Å². The lowest BCUT2D eigenvalue weighted by Crippen LogP contribution is -2.22. The topological polar surface area (TPSA) is 84.2 Å². The predicted molar refractivity (Wildman–Crippen MR) is 75.7 cm³/mol. The summed E-state index contributed by atoms with van der Waals surface area (Å²) < 4.78 is 14.6. The van der Waals surface area contributed by atoms with Crippen LogP contribution in [0.1, 0.15) is 10.4 Å². The zero-order chi connectivity index (χ0) is 15.1. The number of hydrogen-bond donors (Lipinski definition) is 2. The highest BCUT2D eigenvalue weighted by Gasteiger charge is 2.16. The molecule has 2 heterocycles. The van der Waals surface area contributed by atoms with Gasteiger partial charge in [-0.3, -0.25) is 4.79 Å². The maximum atomic E-state index is 13.3. The lowest BCUT2D eigenvalue weighted by atomic mass is 10.1. The number of fused-ring (bicyclic) bond motifs is 2. The van der Waals surface area contributed by atoms with Crippen molar-refractivity contribution in [3.63, 3.8) is 0 Å². The summed E-state index contributed by atoms with van der Waals surface area (Å²) in [5, 5.41) is 9.63. The van der Waals surface area contributed by atoms with Gasteiger partial charge >= 0.3 is 5.97 Å². The molecule has 3 rings (SSSR count). The Morgan fingerprint density at radius 3 is 2.81 bits per heavy atom. The van der Waals surface area contributed by atoms with Crippen molar-refractivity contribution in [2.45, 2.75) is 0 Å². The minimum atomic E-state index is -1.33. The molecule has 0 aliphatic rings. The number of nitrogens with zero attached hydrogens (tertiary/aromatic N) is 2. The van der Waals surface area contributed by atoms with Crippen LogP contribution in [0, 0.1) is 5.82 Å². The molecule has 3 aromatic rings. The summed E-state index contributed by atoms with van der Waals surface area (Å²) >= 11 is 0. The third-order valence-electron chi connectivity index (χ3n) is 3.20. The van der Waals surface area contributed by atoms with E-state index in [9.17, 15) is 14.0 Å². The Labute approximate surface area is 117 Å². The molecule has 0 atom stereocenters. The Balaban J connectivity index is 2.52. The monoisotopic (exact) mass is 287 g/mol. The van der Waals surface area contributed by atoms with Crippen molar-refractivity contribution in [3.05, 3.63) is 52.1 Å². The number of carboxylic acids is 1. The second kappa shape index (κ2) is 4.55. The summed E-state index contributed by atoms with van der Waals surface area (Å²) in [5.41, 5.74) is 2.51. The number of carbonyl (C=O) groups is 1. The highest BCUT2D eigenvalue weighted by molar-refractivity contribution is 5.96. The average molecular weight is 287 g/mol. The molecule has 0 spiro atoms. The van der Waals surface area contributed by atoms with Gasteiger partial charge < -0.3 is 10.5 Å². The van der Waals surface area contributed by atoms with Gasteiger partial charge in [-0.05, 0) is 24.3 Å². The third kappa shape index (κ3) is 1.99. The van der Waals surface area contributed by atoms with Crippen molar-refractivity contribution in [3.8, 4) is 0 Å². The summed E-state index contributed by atoms with van der Waals surface area (Å²) in [6.45, 7) is 0. The fourth-order valence-corrected chi connectivity index (χ4v) is 2.20. The van der Waals surface area contributed by atoms with Crippen molar-refractivity contribution >= 4 is 27.9 Å². The lowest BCUT2D eigenvalue weighted by molar-refractivity contribution is 0.0695. The molecule has 0 amide bonds. The highest BCUT2D eigenvalue weighted by atomic mass is 19.1. The second-order valence-electron chi connectivity index (χ2n) is 4.47. The van der Waals surface area contributed by atoms with E-state index in [1.807, 2.05) is 0 Å². The molecule has 6 nitrogen and oxygen atoms in total. The fourth-order valence-electron chi connectivity index (χ4n) is 2.20. The summed E-state index contributed by atoms with van der Waals surface area (Å²) in [7, 11) is 1.58. The fraction of sp³-hybridized carbons (Fsp3) is 0.0714. The molecule has 0 saturated carbocycles. The van der Waals surface area contributed by atoms with Crippen LogP contribution in [0.2, 0.25) is 0 Å². The van der Waals surface area contributed by atoms with Crippen molar-refractivity contribution in [1.82, 2.24) is 9.66 Å². The van der Waals surface area contributed by atoms with Crippen LogP contribution in [-0.2, 0) is 0 Å². The number of carboxylic acid groups (broad SMARTS) is 1. The van der Waals surface area contributed by atoms with Crippen molar-refractivity contribution in [2.24, 2.45) is 0 Å². The molecule has 21 heavy (non-hydrogen) atoms. The smallest absolute Gasteiger partial charge is 0.341 e. The van der Waals surface area contributed by atoms with Crippen LogP contribution >= 0.6 is 0 Å². The van der Waals surface area contributed by atoms with Crippen LogP contribution < -0.4 is 10.9 Å². The van der Waals surface area contributed by atoms with Gasteiger partial charge in [-0.1, -0.05) is 0 Å². The van der Waals surface area contributed by atoms with Crippen LogP contribution in [0.25, 0.3) is 21.9 Å². The number of halogens is 1. The Kier molecular flexibility index (Phi) is 2.83. The van der Waals surface area contributed by atoms with E-state index < -0.39 is 17.2 Å². The predicted octanol–water partition coefficient (Wildman–Crippen LogP) is 1.56. The molecule has 0 unspecified atom stereocenters. The highest BCUT2D eigenvalue weighted by Crippen LogP contribution is 2.18. The molecule has 0 aliphatic carbocycles. The van der Waals surface area contributed by atoms with Gasteiger partial charge in [-0.15, -0.1) is 0 Å². The molecule has 0 aliphatic heterocycles. The Morgan fingerprint density at radius 2 is 2.14 bits per heavy atom. The summed E-state index contributed by atoms with van der Waals surface area (Å²) in [6, 6.07) is 5.47. The molecule has 0 bridgehead atoms. The first-order chi connectivity index (χ1) is 10.0. The maximum Gasteiger partial charge on any atom is 0.341 e. The van der Waals surface area contributed by atoms with E-state index in [0.29, 0.717) is 10.9 Å². The molecular formula is C14H10FN3O3. The molecule has 0 radical (unpaired) electrons. The number of pyridine rings is 2. The van der Waals surface area contributed by atoms with Crippen molar-refractivity contribution in [1.29, 1.82) is 0 Å². The first kappa shape index (κ1) is 13.0. The Bertz CT molecular complexity index is 949. The van der Waals surface area contributed by atoms with Gasteiger partial charge in [-0.25, -0.2) is 18.8 Å². The van der Waals surface area contributed by atoms with Gasteiger partial charge in [0, 0.05) is 18.6 Å². The van der Waals surface area contributed by atoms with E-state index in [0.717, 1.165) is 0 Å². The Morgan fingerprint density at radius 1 is 1.38 bits per heavy atom. The van der Waals surface area contributed by atoms with Crippen LogP contribution in [0.15, 0.2) is 35.3 Å². The third-order valence-corrected chi connectivity index (χ3v) is 3.20. The van der Waals surface area contributed by atoms with Crippen LogP contribution in [0.4, 0.5) is 4.39 Å². The van der Waals surface area contributed by atoms with E-state index in [1.54, 1.807) is 7.05 Å². The quantitative estimate of drug-likeness (QED) is 0.699. The minimum Gasteiger partial charge on any atom is -0.477 e. The average Bonchev–Trinajstić information content (AvgIpc) is 2.46. The molecule has 106 valence electrons. The van der Waals surface area contributed by atoms with Gasteiger partial charge in [0.25, 0.3) is 0 Å². The van der Waals surface area contributed by atoms with Gasteiger partial charge in [-0.2, -0.15) is 0 Å². The number of aromatic carboxylic acids is 1. The van der Waals surface area contributed by atoms with Crippen LogP contribution in [0.3, 0.4) is 0 Å². The van der Waals surface area contributed by atoms with E-state index in [-0.39, 0.29) is 16.6 Å². The van der Waals surface area contributed by atoms with E-state index in [4.69, 9.17) is 5.11 Å². The summed E-state index contributed by atoms with van der Waals surface area (Å²) in [5.74, 6) is -1.78. The molecular weight excluding hydrogens is 277 g/mol. The molecule has 0 fully saturated rings. The zero-order valence-corrected chi connectivity index (χ0v) is 10.9.